The van der Waals surface area contributed by atoms with Gasteiger partial charge in [-0.1, -0.05) is 6.07 Å². The van der Waals surface area contributed by atoms with Crippen LogP contribution in [0, 0.1) is 11.3 Å². The van der Waals surface area contributed by atoms with E-state index in [1.54, 1.807) is 11.3 Å². The molecular formula is C18H25N3O2S. The molecule has 130 valence electrons. The summed E-state index contributed by atoms with van der Waals surface area (Å²) in [5.41, 5.74) is -0.371. The van der Waals surface area contributed by atoms with E-state index in [-0.39, 0.29) is 17.2 Å². The third-order valence-corrected chi connectivity index (χ3v) is 6.73. The molecule has 0 spiro atoms. The number of carbonyl (C=O) groups excluding carboxylic acids is 2. The van der Waals surface area contributed by atoms with E-state index < -0.39 is 0 Å². The van der Waals surface area contributed by atoms with Gasteiger partial charge >= 0.3 is 0 Å². The molecule has 3 saturated heterocycles. The molecule has 0 saturated carbocycles. The van der Waals surface area contributed by atoms with Gasteiger partial charge in [-0.2, -0.15) is 0 Å². The van der Waals surface area contributed by atoms with Gasteiger partial charge in [0.05, 0.1) is 11.8 Å². The van der Waals surface area contributed by atoms with Gasteiger partial charge in [0, 0.05) is 50.1 Å². The minimum absolute atomic E-state index is 0.170. The molecule has 5 nitrogen and oxygen atoms in total. The van der Waals surface area contributed by atoms with E-state index in [4.69, 9.17) is 0 Å². The minimum Gasteiger partial charge on any atom is -0.342 e. The van der Waals surface area contributed by atoms with Crippen LogP contribution < -0.4 is 0 Å². The molecule has 2 atom stereocenters. The Hall–Kier alpha value is -1.40. The van der Waals surface area contributed by atoms with E-state index in [9.17, 15) is 9.59 Å². The van der Waals surface area contributed by atoms with E-state index in [1.165, 1.54) is 0 Å². The fraction of sp³-hybridized carbons (Fsp3) is 0.667. The van der Waals surface area contributed by atoms with Crippen molar-refractivity contribution in [3.8, 4) is 0 Å². The molecule has 4 heterocycles. The molecule has 1 aromatic heterocycles. The van der Waals surface area contributed by atoms with Crippen LogP contribution >= 0.6 is 11.3 Å². The highest BCUT2D eigenvalue weighted by Gasteiger charge is 2.58. The Labute approximate surface area is 147 Å². The maximum Gasteiger partial charge on any atom is 0.232 e. The Morgan fingerprint density at radius 2 is 2.00 bits per heavy atom. The van der Waals surface area contributed by atoms with Crippen LogP contribution in [-0.4, -0.2) is 72.8 Å². The molecule has 1 aromatic rings. The van der Waals surface area contributed by atoms with Crippen LogP contribution in [0.15, 0.2) is 17.5 Å². The van der Waals surface area contributed by atoms with Crippen LogP contribution in [0.25, 0.3) is 0 Å². The van der Waals surface area contributed by atoms with Crippen LogP contribution in [-0.2, 0) is 16.0 Å². The Morgan fingerprint density at radius 3 is 2.71 bits per heavy atom. The fourth-order valence-electron chi connectivity index (χ4n) is 4.72. The molecule has 0 unspecified atom stereocenters. The number of amides is 2. The highest BCUT2D eigenvalue weighted by atomic mass is 32.1. The predicted molar refractivity (Wildman–Crippen MR) is 93.8 cm³/mol. The topological polar surface area (TPSA) is 43.9 Å². The second-order valence-corrected chi connectivity index (χ2v) is 8.61. The first-order valence-corrected chi connectivity index (χ1v) is 9.74. The fourth-order valence-corrected chi connectivity index (χ4v) is 5.41. The summed E-state index contributed by atoms with van der Waals surface area (Å²) in [4.78, 5) is 33.3. The standard InChI is InChI=1S/C18H25N3O2S/c1-19-10-14-11-21(16(22)9-15-5-4-8-24-15)13-18(14,12-19)17(23)20-6-2-3-7-20/h4-5,8,14H,2-3,6-7,9-13H2,1H3/t14-,18-/m0/s1. The molecule has 6 heteroatoms. The van der Waals surface area contributed by atoms with Gasteiger partial charge in [-0.15, -0.1) is 11.3 Å². The zero-order valence-electron chi connectivity index (χ0n) is 14.2. The van der Waals surface area contributed by atoms with Gasteiger partial charge in [-0.05, 0) is 31.3 Å². The van der Waals surface area contributed by atoms with Gasteiger partial charge < -0.3 is 14.7 Å². The van der Waals surface area contributed by atoms with Gasteiger partial charge in [-0.25, -0.2) is 0 Å². The van der Waals surface area contributed by atoms with Crippen LogP contribution in [0.2, 0.25) is 0 Å². The molecule has 2 amide bonds. The Kier molecular flexibility index (Phi) is 4.12. The zero-order valence-corrected chi connectivity index (χ0v) is 15.1. The third-order valence-electron chi connectivity index (χ3n) is 5.86. The summed E-state index contributed by atoms with van der Waals surface area (Å²) in [6.45, 7) is 4.81. The van der Waals surface area contributed by atoms with Crippen molar-refractivity contribution in [2.45, 2.75) is 19.3 Å². The summed E-state index contributed by atoms with van der Waals surface area (Å²) in [7, 11) is 2.09. The van der Waals surface area contributed by atoms with Crippen molar-refractivity contribution in [2.75, 3.05) is 46.3 Å². The van der Waals surface area contributed by atoms with Crippen molar-refractivity contribution >= 4 is 23.2 Å². The number of hydrogen-bond acceptors (Lipinski definition) is 4. The van der Waals surface area contributed by atoms with E-state index >= 15 is 0 Å². The van der Waals surface area contributed by atoms with E-state index in [1.807, 2.05) is 27.3 Å². The summed E-state index contributed by atoms with van der Waals surface area (Å²) in [6, 6.07) is 4.00. The van der Waals surface area contributed by atoms with Crippen molar-refractivity contribution in [3.05, 3.63) is 22.4 Å². The molecule has 4 rings (SSSR count). The smallest absolute Gasteiger partial charge is 0.232 e. The van der Waals surface area contributed by atoms with Crippen molar-refractivity contribution in [1.82, 2.24) is 14.7 Å². The number of hydrogen-bond donors (Lipinski definition) is 0. The minimum atomic E-state index is -0.371. The van der Waals surface area contributed by atoms with Gasteiger partial charge in [0.2, 0.25) is 11.8 Å². The molecule has 3 aliphatic rings. The molecule has 0 aromatic carbocycles. The lowest BCUT2D eigenvalue weighted by Crippen LogP contribution is -2.49. The van der Waals surface area contributed by atoms with Crippen LogP contribution in [0.1, 0.15) is 17.7 Å². The second-order valence-electron chi connectivity index (χ2n) is 7.58. The number of fused-ring (bicyclic) bond motifs is 1. The molecule has 0 bridgehead atoms. The van der Waals surface area contributed by atoms with E-state index in [2.05, 4.69) is 11.9 Å². The summed E-state index contributed by atoms with van der Waals surface area (Å²) >= 11 is 1.63. The summed E-state index contributed by atoms with van der Waals surface area (Å²) in [5, 5.41) is 2.01. The SMILES string of the molecule is CN1C[C@H]2CN(C(=O)Cc3cccs3)C[C@@]2(C(=O)N2CCCC2)C1. The van der Waals surface area contributed by atoms with Crippen molar-refractivity contribution < 1.29 is 9.59 Å². The van der Waals surface area contributed by atoms with Gasteiger partial charge in [0.25, 0.3) is 0 Å². The zero-order chi connectivity index (χ0) is 16.7. The number of likely N-dealkylation sites (tertiary alicyclic amines) is 3. The van der Waals surface area contributed by atoms with Gasteiger partial charge in [-0.3, -0.25) is 9.59 Å². The van der Waals surface area contributed by atoms with Gasteiger partial charge in [0.15, 0.2) is 0 Å². The highest BCUT2D eigenvalue weighted by molar-refractivity contribution is 7.10. The molecule has 0 N–H and O–H groups in total. The van der Waals surface area contributed by atoms with Crippen molar-refractivity contribution in [2.24, 2.45) is 11.3 Å². The van der Waals surface area contributed by atoms with Crippen LogP contribution in [0.3, 0.4) is 0 Å². The summed E-state index contributed by atoms with van der Waals surface area (Å²) in [5.74, 6) is 0.742. The maximum atomic E-state index is 13.2. The molecule has 3 fully saturated rings. The first kappa shape index (κ1) is 16.1. The molecule has 3 aliphatic heterocycles. The lowest BCUT2D eigenvalue weighted by Gasteiger charge is -2.32. The molecule has 0 radical (unpaired) electrons. The lowest BCUT2D eigenvalue weighted by atomic mass is 9.79. The summed E-state index contributed by atoms with van der Waals surface area (Å²) < 4.78 is 0. The van der Waals surface area contributed by atoms with E-state index in [0.29, 0.717) is 18.9 Å². The Morgan fingerprint density at radius 1 is 1.21 bits per heavy atom. The first-order valence-electron chi connectivity index (χ1n) is 8.86. The van der Waals surface area contributed by atoms with Gasteiger partial charge in [0.1, 0.15) is 0 Å². The molecule has 0 aliphatic carbocycles. The molecular weight excluding hydrogens is 322 g/mol. The first-order chi connectivity index (χ1) is 11.6. The monoisotopic (exact) mass is 347 g/mol. The number of rotatable bonds is 3. The average molecular weight is 347 g/mol. The second kappa shape index (κ2) is 6.15. The molecule has 24 heavy (non-hydrogen) atoms. The Bertz CT molecular complexity index is 626. The lowest BCUT2D eigenvalue weighted by molar-refractivity contribution is -0.141. The third kappa shape index (κ3) is 2.65. The van der Waals surface area contributed by atoms with Crippen molar-refractivity contribution in [3.63, 3.8) is 0 Å². The maximum absolute atomic E-state index is 13.2. The van der Waals surface area contributed by atoms with Crippen LogP contribution in [0.5, 0.6) is 0 Å². The highest BCUT2D eigenvalue weighted by Crippen LogP contribution is 2.44. The quantitative estimate of drug-likeness (QED) is 0.828. The van der Waals surface area contributed by atoms with Crippen molar-refractivity contribution in [1.29, 1.82) is 0 Å². The normalized spacial score (nSPS) is 30.1. The largest absolute Gasteiger partial charge is 0.342 e. The Balaban J connectivity index is 1.51. The predicted octanol–water partition coefficient (Wildman–Crippen LogP) is 1.30. The number of nitrogens with zero attached hydrogens (tertiary/aromatic N) is 3. The summed E-state index contributed by atoms with van der Waals surface area (Å²) in [6.07, 6.45) is 2.70. The van der Waals surface area contributed by atoms with Crippen LogP contribution in [0.4, 0.5) is 0 Å². The number of thiophene rings is 1. The van der Waals surface area contributed by atoms with E-state index in [0.717, 1.165) is 50.4 Å². The number of carbonyl (C=O) groups is 2. The average Bonchev–Trinajstić information content (AvgIpc) is 3.30.